The Morgan fingerprint density at radius 2 is 1.12 bits per heavy atom. The average molecular weight is 553 g/mol. The van der Waals surface area contributed by atoms with Gasteiger partial charge in [0.15, 0.2) is 0 Å². The number of carboxylic acid groups (broad SMARTS) is 2. The third kappa shape index (κ3) is 7.00. The smallest absolute Gasteiger partial charge is 0.303 e. The van der Waals surface area contributed by atoms with Crippen molar-refractivity contribution in [2.75, 3.05) is 0 Å². The number of aryl methyl sites for hydroxylation is 2. The standard InChI is InChI=1S/C34H48O6/c1-7-33(3,4)26-19-21(13-15-28(35)36)17-24(31(26)39)30(23-11-9-10-12-23)25-18-22(14-16-29(37)38)20-27(32(25)40)34(5,6)8-2/h17-20,23,30,39-40H,7-16H2,1-6H3,(H,35,36)(H,37,38). The van der Waals surface area contributed by atoms with Crippen LogP contribution in [0, 0.1) is 5.92 Å². The maximum Gasteiger partial charge on any atom is 0.303 e. The van der Waals surface area contributed by atoms with Gasteiger partial charge in [0.1, 0.15) is 11.5 Å². The second kappa shape index (κ2) is 12.7. The summed E-state index contributed by atoms with van der Waals surface area (Å²) < 4.78 is 0. The highest BCUT2D eigenvalue weighted by Crippen LogP contribution is 2.51. The van der Waals surface area contributed by atoms with Crippen molar-refractivity contribution in [2.45, 2.75) is 122 Å². The van der Waals surface area contributed by atoms with Crippen LogP contribution in [0.5, 0.6) is 11.5 Å². The first-order valence-corrected chi connectivity index (χ1v) is 14.9. The molecule has 2 aromatic rings. The molecule has 1 aliphatic rings. The van der Waals surface area contributed by atoms with Crippen molar-refractivity contribution in [3.8, 4) is 11.5 Å². The van der Waals surface area contributed by atoms with Gasteiger partial charge in [0.2, 0.25) is 0 Å². The molecule has 0 aromatic heterocycles. The second-order valence-corrected chi connectivity index (χ2v) is 12.9. The first kappa shape index (κ1) is 31.5. The maximum atomic E-state index is 11.9. The Morgan fingerprint density at radius 3 is 1.45 bits per heavy atom. The molecule has 0 heterocycles. The van der Waals surface area contributed by atoms with Crippen LogP contribution >= 0.6 is 0 Å². The van der Waals surface area contributed by atoms with E-state index in [2.05, 4.69) is 41.5 Å². The van der Waals surface area contributed by atoms with E-state index < -0.39 is 11.9 Å². The molecular formula is C34H48O6. The van der Waals surface area contributed by atoms with Crippen LogP contribution in [-0.2, 0) is 33.3 Å². The fraction of sp³-hybridized carbons (Fsp3) is 0.588. The van der Waals surface area contributed by atoms with Gasteiger partial charge in [-0.25, -0.2) is 0 Å². The summed E-state index contributed by atoms with van der Waals surface area (Å²) in [6.07, 6.45) is 6.34. The quantitative estimate of drug-likeness (QED) is 0.201. The van der Waals surface area contributed by atoms with Crippen molar-refractivity contribution in [2.24, 2.45) is 5.92 Å². The molecule has 0 amide bonds. The zero-order chi connectivity index (χ0) is 29.8. The highest BCUT2D eigenvalue weighted by molar-refractivity contribution is 5.68. The zero-order valence-electron chi connectivity index (χ0n) is 25.1. The first-order chi connectivity index (χ1) is 18.7. The Balaban J connectivity index is 2.35. The highest BCUT2D eigenvalue weighted by Gasteiger charge is 2.36. The molecule has 4 N–H and O–H groups in total. The number of aliphatic carboxylic acids is 2. The lowest BCUT2D eigenvalue weighted by Crippen LogP contribution is -2.21. The van der Waals surface area contributed by atoms with Crippen LogP contribution in [0.4, 0.5) is 0 Å². The summed E-state index contributed by atoms with van der Waals surface area (Å²) in [5.74, 6) is -1.41. The number of benzene rings is 2. The summed E-state index contributed by atoms with van der Waals surface area (Å²) in [5.41, 5.74) is 4.13. The number of phenols is 2. The van der Waals surface area contributed by atoms with Crippen LogP contribution in [-0.4, -0.2) is 32.4 Å². The minimum Gasteiger partial charge on any atom is -0.507 e. The normalized spacial score (nSPS) is 14.7. The van der Waals surface area contributed by atoms with E-state index in [9.17, 15) is 30.0 Å². The van der Waals surface area contributed by atoms with E-state index in [1.54, 1.807) is 0 Å². The van der Waals surface area contributed by atoms with Crippen LogP contribution in [0.2, 0.25) is 0 Å². The lowest BCUT2D eigenvalue weighted by molar-refractivity contribution is -0.138. The molecular weight excluding hydrogens is 504 g/mol. The molecule has 40 heavy (non-hydrogen) atoms. The number of phenolic OH excluding ortho intramolecular Hbond substituents is 2. The number of aromatic hydroxyl groups is 2. The Morgan fingerprint density at radius 1 is 0.750 bits per heavy atom. The molecule has 6 heteroatoms. The summed E-state index contributed by atoms with van der Waals surface area (Å²) in [4.78, 5) is 22.9. The topological polar surface area (TPSA) is 115 Å². The second-order valence-electron chi connectivity index (χ2n) is 12.9. The van der Waals surface area contributed by atoms with Crippen molar-refractivity contribution >= 4 is 11.9 Å². The van der Waals surface area contributed by atoms with Gasteiger partial charge in [0.05, 0.1) is 0 Å². The number of rotatable bonds is 13. The lowest BCUT2D eigenvalue weighted by atomic mass is 9.72. The van der Waals surface area contributed by atoms with Gasteiger partial charge >= 0.3 is 11.9 Å². The minimum atomic E-state index is -0.867. The van der Waals surface area contributed by atoms with Gasteiger partial charge in [0.25, 0.3) is 0 Å². The predicted molar refractivity (Wildman–Crippen MR) is 159 cm³/mol. The number of hydrogen-bond donors (Lipinski definition) is 4. The highest BCUT2D eigenvalue weighted by atomic mass is 16.4. The van der Waals surface area contributed by atoms with Gasteiger partial charge in [-0.1, -0.05) is 78.6 Å². The van der Waals surface area contributed by atoms with Crippen molar-refractivity contribution < 1.29 is 30.0 Å². The molecule has 1 fully saturated rings. The van der Waals surface area contributed by atoms with E-state index in [1.807, 2.05) is 24.3 Å². The third-order valence-electron chi connectivity index (χ3n) is 9.42. The van der Waals surface area contributed by atoms with Crippen molar-refractivity contribution in [1.82, 2.24) is 0 Å². The molecule has 0 radical (unpaired) electrons. The Hall–Kier alpha value is -3.02. The number of hydrogen-bond acceptors (Lipinski definition) is 4. The predicted octanol–water partition coefficient (Wildman–Crippen LogP) is 7.83. The molecule has 220 valence electrons. The van der Waals surface area contributed by atoms with Crippen molar-refractivity contribution in [3.05, 3.63) is 57.6 Å². The monoisotopic (exact) mass is 552 g/mol. The number of carbonyl (C=O) groups is 2. The fourth-order valence-electron chi connectivity index (χ4n) is 6.08. The summed E-state index contributed by atoms with van der Waals surface area (Å²) in [6, 6.07) is 7.80. The molecule has 6 nitrogen and oxygen atoms in total. The van der Waals surface area contributed by atoms with E-state index in [0.29, 0.717) is 12.8 Å². The fourth-order valence-corrected chi connectivity index (χ4v) is 6.08. The van der Waals surface area contributed by atoms with E-state index in [4.69, 9.17) is 0 Å². The molecule has 0 saturated heterocycles. The van der Waals surface area contributed by atoms with Crippen LogP contribution in [0.15, 0.2) is 24.3 Å². The van der Waals surface area contributed by atoms with Gasteiger partial charge in [-0.15, -0.1) is 0 Å². The van der Waals surface area contributed by atoms with Gasteiger partial charge in [-0.3, -0.25) is 9.59 Å². The summed E-state index contributed by atoms with van der Waals surface area (Å²) >= 11 is 0. The van der Waals surface area contributed by atoms with Crippen LogP contribution in [0.25, 0.3) is 0 Å². The molecule has 0 unspecified atom stereocenters. The molecule has 3 rings (SSSR count). The van der Waals surface area contributed by atoms with Crippen LogP contribution in [0.1, 0.15) is 132 Å². The Labute approximate surface area is 239 Å². The minimum absolute atomic E-state index is 0.00490. The Bertz CT molecular complexity index is 1130. The SMILES string of the molecule is CCC(C)(C)c1cc(CCC(=O)O)cc(C(c2cc(CCC(=O)O)cc(C(C)(C)CC)c2O)C2CCCC2)c1O. The summed E-state index contributed by atoms with van der Waals surface area (Å²) in [6.45, 7) is 12.5. The largest absolute Gasteiger partial charge is 0.507 e. The van der Waals surface area contributed by atoms with Crippen LogP contribution < -0.4 is 0 Å². The molecule has 0 atom stereocenters. The van der Waals surface area contributed by atoms with Crippen molar-refractivity contribution in [3.63, 3.8) is 0 Å². The van der Waals surface area contributed by atoms with Crippen molar-refractivity contribution in [1.29, 1.82) is 0 Å². The van der Waals surface area contributed by atoms with Gasteiger partial charge in [0, 0.05) is 41.0 Å². The van der Waals surface area contributed by atoms with Gasteiger partial charge in [-0.2, -0.15) is 0 Å². The first-order valence-electron chi connectivity index (χ1n) is 14.9. The van der Waals surface area contributed by atoms with E-state index in [1.165, 1.54) is 0 Å². The molecule has 0 spiro atoms. The molecule has 0 bridgehead atoms. The van der Waals surface area contributed by atoms with E-state index in [-0.39, 0.29) is 47.0 Å². The Kier molecular flexibility index (Phi) is 9.97. The summed E-state index contributed by atoms with van der Waals surface area (Å²) in [5, 5.41) is 42.6. The maximum absolute atomic E-state index is 11.9. The van der Waals surface area contributed by atoms with Gasteiger partial charge < -0.3 is 20.4 Å². The average Bonchev–Trinajstić information content (AvgIpc) is 3.43. The van der Waals surface area contributed by atoms with Gasteiger partial charge in [-0.05, 0) is 66.4 Å². The van der Waals surface area contributed by atoms with E-state index >= 15 is 0 Å². The van der Waals surface area contributed by atoms with E-state index in [0.717, 1.165) is 71.9 Å². The third-order valence-corrected chi connectivity index (χ3v) is 9.42. The molecule has 1 saturated carbocycles. The van der Waals surface area contributed by atoms with Crippen LogP contribution in [0.3, 0.4) is 0 Å². The molecule has 1 aliphatic carbocycles. The summed E-state index contributed by atoms with van der Waals surface area (Å²) in [7, 11) is 0. The number of carboxylic acids is 2. The molecule has 2 aromatic carbocycles. The molecule has 0 aliphatic heterocycles. The zero-order valence-corrected chi connectivity index (χ0v) is 25.1. The lowest BCUT2D eigenvalue weighted by Gasteiger charge is -2.33.